The minimum Gasteiger partial charge on any atom is -0.391 e. The van der Waals surface area contributed by atoms with Gasteiger partial charge in [-0.25, -0.2) is 23.4 Å². The molecule has 3 amide bonds. The molecule has 6 aromatic rings. The van der Waals surface area contributed by atoms with Crippen LogP contribution in [0.2, 0.25) is 0 Å². The SMILES string of the molecule is Cc1ncsc1-c1ccc([C@H](C)NC(=O)[C@@H]2C[C@@H](O)CN2C(=O)[C@@H](NC(=O)CCCCCN2CCN(c3ccc(Nc4ncc5scc(-c6cccc(NS(C)(=O)=O)c6)c5n4)cc3)CC2)C(C)(C)C)cc1. The van der Waals surface area contributed by atoms with Crippen LogP contribution in [0.4, 0.5) is 23.0 Å². The van der Waals surface area contributed by atoms with Crippen LogP contribution in [-0.2, 0) is 24.4 Å². The van der Waals surface area contributed by atoms with Crippen molar-refractivity contribution < 1.29 is 27.9 Å². The van der Waals surface area contributed by atoms with Crippen LogP contribution in [0.5, 0.6) is 0 Å². The monoisotopic (exact) mass is 1020 g/mol. The van der Waals surface area contributed by atoms with Crippen molar-refractivity contribution in [1.29, 1.82) is 0 Å². The first-order chi connectivity index (χ1) is 33.9. The first-order valence-corrected chi connectivity index (χ1v) is 27.8. The van der Waals surface area contributed by atoms with E-state index in [1.165, 1.54) is 16.2 Å². The van der Waals surface area contributed by atoms with E-state index >= 15 is 0 Å². The van der Waals surface area contributed by atoms with Crippen molar-refractivity contribution in [3.63, 3.8) is 0 Å². The third kappa shape index (κ3) is 13.1. The zero-order valence-corrected chi connectivity index (χ0v) is 43.6. The number of benzene rings is 3. The van der Waals surface area contributed by atoms with Crippen molar-refractivity contribution in [2.45, 2.75) is 91.0 Å². The van der Waals surface area contributed by atoms with Crippen molar-refractivity contribution >= 4 is 83.6 Å². The maximum atomic E-state index is 14.2. The molecule has 2 aliphatic rings. The Hall–Kier alpha value is -5.99. The summed E-state index contributed by atoms with van der Waals surface area (Å²) in [6.45, 7) is 14.2. The summed E-state index contributed by atoms with van der Waals surface area (Å²) in [6.07, 6.45) is 5.03. The molecule has 5 heterocycles. The highest BCUT2D eigenvalue weighted by Gasteiger charge is 2.44. The van der Waals surface area contributed by atoms with Crippen molar-refractivity contribution in [2.24, 2.45) is 5.41 Å². The number of amides is 3. The quantitative estimate of drug-likeness (QED) is 0.0521. The van der Waals surface area contributed by atoms with Gasteiger partial charge in [-0.15, -0.1) is 22.7 Å². The van der Waals surface area contributed by atoms with Crippen molar-refractivity contribution in [2.75, 3.05) is 60.5 Å². The second-order valence-electron chi connectivity index (χ2n) is 19.7. The number of aliphatic hydroxyl groups is 1. The van der Waals surface area contributed by atoms with E-state index in [-0.39, 0.29) is 36.7 Å². The molecule has 5 N–H and O–H groups in total. The summed E-state index contributed by atoms with van der Waals surface area (Å²) in [5, 5.41) is 22.1. The van der Waals surface area contributed by atoms with Gasteiger partial charge >= 0.3 is 0 Å². The number of carbonyl (C=O) groups is 3. The zero-order valence-electron chi connectivity index (χ0n) is 41.1. The lowest BCUT2D eigenvalue weighted by Gasteiger charge is -2.36. The molecule has 4 atom stereocenters. The molecule has 8 rings (SSSR count). The normalized spacial score (nSPS) is 17.5. The highest BCUT2D eigenvalue weighted by atomic mass is 32.2. The van der Waals surface area contributed by atoms with E-state index in [1.54, 1.807) is 29.7 Å². The number of sulfonamides is 1. The average Bonchev–Trinajstić information content (AvgIpc) is 4.08. The molecular formula is C52H64N10O6S3. The van der Waals surface area contributed by atoms with Crippen LogP contribution in [0.1, 0.15) is 77.1 Å². The number of piperazine rings is 1. The largest absolute Gasteiger partial charge is 0.391 e. The molecule has 2 fully saturated rings. The number of carbonyl (C=O) groups excluding carboxylic acids is 3. The molecule has 0 unspecified atom stereocenters. The number of β-amino-alcohol motifs (C(OH)–C–C–N with tert-alkyl or cyclic N) is 1. The molecule has 0 bridgehead atoms. The van der Waals surface area contributed by atoms with Gasteiger partial charge in [-0.1, -0.05) is 63.6 Å². The van der Waals surface area contributed by atoms with Gasteiger partial charge in [-0.2, -0.15) is 0 Å². The molecule has 2 aliphatic heterocycles. The lowest BCUT2D eigenvalue weighted by atomic mass is 9.85. The maximum Gasteiger partial charge on any atom is 0.246 e. The van der Waals surface area contributed by atoms with Gasteiger partial charge in [-0.05, 0) is 91.7 Å². The fourth-order valence-electron chi connectivity index (χ4n) is 9.22. The summed E-state index contributed by atoms with van der Waals surface area (Å²) in [5.74, 6) is -0.432. The van der Waals surface area contributed by atoms with E-state index in [0.717, 1.165) is 106 Å². The van der Waals surface area contributed by atoms with Crippen LogP contribution in [0.3, 0.4) is 0 Å². The lowest BCUT2D eigenvalue weighted by Crippen LogP contribution is -2.57. The summed E-state index contributed by atoms with van der Waals surface area (Å²) in [7, 11) is -3.41. The fraction of sp³-hybridized carbons (Fsp3) is 0.423. The fourth-order valence-corrected chi connectivity index (χ4v) is 11.5. The van der Waals surface area contributed by atoms with Gasteiger partial charge in [-0.3, -0.25) is 24.0 Å². The smallest absolute Gasteiger partial charge is 0.246 e. The Morgan fingerprint density at radius 2 is 1.63 bits per heavy atom. The molecule has 0 saturated carbocycles. The number of unbranched alkanes of at least 4 members (excludes halogenated alkanes) is 2. The van der Waals surface area contributed by atoms with Crippen molar-refractivity contribution in [3.8, 4) is 21.6 Å². The van der Waals surface area contributed by atoms with Crippen LogP contribution in [0.15, 0.2) is 89.9 Å². The number of hydrogen-bond acceptors (Lipinski definition) is 14. The Labute approximate surface area is 424 Å². The highest BCUT2D eigenvalue weighted by molar-refractivity contribution is 7.92. The maximum absolute atomic E-state index is 14.2. The second kappa shape index (κ2) is 22.2. The van der Waals surface area contributed by atoms with Crippen LogP contribution < -0.4 is 25.6 Å². The number of thiophene rings is 1. The first-order valence-electron chi connectivity index (χ1n) is 24.1. The minimum atomic E-state index is -3.41. The Bertz CT molecular complexity index is 2930. The van der Waals surface area contributed by atoms with Crippen LogP contribution in [-0.4, -0.2) is 120 Å². The van der Waals surface area contributed by atoms with E-state index in [4.69, 9.17) is 4.98 Å². The summed E-state index contributed by atoms with van der Waals surface area (Å²) in [5.41, 5.74) is 9.18. The summed E-state index contributed by atoms with van der Waals surface area (Å²) in [6, 6.07) is 21.5. The van der Waals surface area contributed by atoms with Crippen molar-refractivity contribution in [3.05, 3.63) is 101 Å². The summed E-state index contributed by atoms with van der Waals surface area (Å²) < 4.78 is 27.1. The molecule has 0 aliphatic carbocycles. The number of thiazole rings is 1. The Morgan fingerprint density at radius 3 is 2.32 bits per heavy atom. The Balaban J connectivity index is 0.757. The molecule has 19 heteroatoms. The molecule has 71 heavy (non-hydrogen) atoms. The molecule has 3 aromatic carbocycles. The van der Waals surface area contributed by atoms with Gasteiger partial charge in [0.15, 0.2) is 0 Å². The van der Waals surface area contributed by atoms with Gasteiger partial charge in [0.05, 0.1) is 50.9 Å². The van der Waals surface area contributed by atoms with E-state index in [2.05, 4.69) is 52.6 Å². The lowest BCUT2D eigenvalue weighted by molar-refractivity contribution is -0.144. The average molecular weight is 1020 g/mol. The molecule has 0 spiro atoms. The Kier molecular flexibility index (Phi) is 16.1. The number of nitrogens with one attached hydrogen (secondary N) is 4. The van der Waals surface area contributed by atoms with E-state index < -0.39 is 33.6 Å². The van der Waals surface area contributed by atoms with E-state index in [9.17, 15) is 27.9 Å². The minimum absolute atomic E-state index is 0.0239. The Morgan fingerprint density at radius 1 is 0.887 bits per heavy atom. The second-order valence-corrected chi connectivity index (χ2v) is 23.2. The van der Waals surface area contributed by atoms with Gasteiger partial charge in [0.25, 0.3) is 0 Å². The van der Waals surface area contributed by atoms with Gasteiger partial charge in [0, 0.05) is 73.6 Å². The molecule has 376 valence electrons. The molecular weight excluding hydrogens is 957 g/mol. The predicted octanol–water partition coefficient (Wildman–Crippen LogP) is 7.96. The van der Waals surface area contributed by atoms with Crippen LogP contribution in [0.25, 0.3) is 31.8 Å². The third-order valence-corrected chi connectivity index (χ3v) is 15.6. The number of nitrogens with zero attached hydrogens (tertiary/aromatic N) is 6. The number of fused-ring (bicyclic) bond motifs is 1. The van der Waals surface area contributed by atoms with Crippen molar-refractivity contribution in [1.82, 2.24) is 35.4 Å². The molecule has 16 nitrogen and oxygen atoms in total. The highest BCUT2D eigenvalue weighted by Crippen LogP contribution is 2.35. The molecule has 2 saturated heterocycles. The number of anilines is 4. The van der Waals surface area contributed by atoms with Crippen LogP contribution in [0, 0.1) is 12.3 Å². The van der Waals surface area contributed by atoms with E-state index in [1.807, 2.05) is 94.0 Å². The predicted molar refractivity (Wildman–Crippen MR) is 285 cm³/mol. The summed E-state index contributed by atoms with van der Waals surface area (Å²) in [4.78, 5) is 62.3. The molecule has 0 radical (unpaired) electrons. The topological polar surface area (TPSA) is 202 Å². The van der Waals surface area contributed by atoms with Gasteiger partial charge < -0.3 is 30.9 Å². The number of hydrogen-bond donors (Lipinski definition) is 5. The summed E-state index contributed by atoms with van der Waals surface area (Å²) >= 11 is 3.12. The zero-order chi connectivity index (χ0) is 50.5. The number of aromatic nitrogens is 3. The standard InChI is InChI=1S/C52H64N10O6S3/c1-33(35-14-16-36(17-15-35)47-34(2)54-32-70-47)55-49(65)43-28-41(63)30-62(43)50(66)48(52(3,4)5)57-45(64)13-8-7-9-22-60-23-25-61(26-24-60)40-20-18-38(19-21-40)56-51-53-29-44-46(58-51)42(31-69-44)37-11-10-12-39(27-37)59-71(6,67)68/h10-12,14-21,27,29,31-33,41,43,48,59,63H,7-9,13,22-26,28,30H2,1-6H3,(H,55,65)(H,57,64)(H,53,56,58)/t33-,41+,43-,48+/m0/s1. The van der Waals surface area contributed by atoms with E-state index in [0.29, 0.717) is 24.5 Å². The third-order valence-electron chi connectivity index (χ3n) is 13.1. The van der Waals surface area contributed by atoms with Gasteiger partial charge in [0.1, 0.15) is 12.1 Å². The number of aliphatic hydroxyl groups excluding tert-OH is 1. The van der Waals surface area contributed by atoms with Gasteiger partial charge in [0.2, 0.25) is 33.7 Å². The van der Waals surface area contributed by atoms with Crippen LogP contribution >= 0.6 is 22.7 Å². The number of aryl methyl sites for hydroxylation is 1. The number of likely N-dealkylation sites (tertiary alicyclic amines) is 1. The number of rotatable bonds is 18. The molecule has 3 aromatic heterocycles. The first kappa shape index (κ1) is 51.4.